The van der Waals surface area contributed by atoms with Crippen molar-refractivity contribution in [3.05, 3.63) is 182 Å². The first-order valence-electron chi connectivity index (χ1n) is 17.0. The van der Waals surface area contributed by atoms with Gasteiger partial charge in [0.25, 0.3) is 0 Å². The molecule has 0 saturated carbocycles. The zero-order chi connectivity index (χ0) is 33.0. The van der Waals surface area contributed by atoms with Crippen molar-refractivity contribution >= 4 is 63.0 Å². The highest BCUT2D eigenvalue weighted by atomic mass is 32.1. The maximum atomic E-state index is 2.44. The average Bonchev–Trinajstić information content (AvgIpc) is 3.77. The lowest BCUT2D eigenvalue weighted by molar-refractivity contribution is 1.56. The minimum absolute atomic E-state index is 1.22. The van der Waals surface area contributed by atoms with E-state index in [2.05, 4.69) is 182 Å². The van der Waals surface area contributed by atoms with Crippen LogP contribution in [0.3, 0.4) is 0 Å². The Kier molecular flexibility index (Phi) is 6.97. The van der Waals surface area contributed by atoms with E-state index in [4.69, 9.17) is 0 Å². The van der Waals surface area contributed by atoms with Crippen molar-refractivity contribution in [1.29, 1.82) is 0 Å². The first kappa shape index (κ1) is 29.1. The number of rotatable bonds is 5. The number of hydrogen-bond donors (Lipinski definition) is 0. The van der Waals surface area contributed by atoms with E-state index in [0.29, 0.717) is 0 Å². The van der Waals surface area contributed by atoms with E-state index in [9.17, 15) is 0 Å². The lowest BCUT2D eigenvalue weighted by Gasteiger charge is -2.14. The van der Waals surface area contributed by atoms with Crippen molar-refractivity contribution in [3.63, 3.8) is 0 Å². The van der Waals surface area contributed by atoms with Crippen LogP contribution in [0.5, 0.6) is 0 Å². The quantitative estimate of drug-likeness (QED) is 0.171. The SMILES string of the molecule is c1ccc(-c2ccc(-c3ccccc3-c3cccc(-c4cc(-c5cccc6c5sc5ccccc56)c5c(c4)sc4ccccc45)c3)cc2)cc1. The van der Waals surface area contributed by atoms with Crippen LogP contribution in [0.25, 0.3) is 96.0 Å². The second kappa shape index (κ2) is 12.0. The second-order valence-electron chi connectivity index (χ2n) is 12.8. The molecule has 0 amide bonds. The predicted octanol–water partition coefficient (Wildman–Crippen LogP) is 14.8. The van der Waals surface area contributed by atoms with Gasteiger partial charge in [-0.05, 0) is 80.4 Å². The number of fused-ring (bicyclic) bond motifs is 6. The van der Waals surface area contributed by atoms with Gasteiger partial charge in [0.1, 0.15) is 0 Å². The molecule has 2 aromatic heterocycles. The van der Waals surface area contributed by atoms with Crippen LogP contribution in [0, 0.1) is 0 Å². The van der Waals surface area contributed by atoms with Gasteiger partial charge in [-0.15, -0.1) is 22.7 Å². The van der Waals surface area contributed by atoms with E-state index >= 15 is 0 Å². The van der Waals surface area contributed by atoms with Gasteiger partial charge in [-0.1, -0.05) is 152 Å². The normalized spacial score (nSPS) is 11.6. The molecule has 8 aromatic carbocycles. The monoisotopic (exact) mass is 670 g/mol. The first-order chi connectivity index (χ1) is 24.8. The molecule has 2 heteroatoms. The summed E-state index contributed by atoms with van der Waals surface area (Å²) in [6, 6.07) is 66.8. The molecule has 50 heavy (non-hydrogen) atoms. The topological polar surface area (TPSA) is 0 Å². The minimum atomic E-state index is 1.22. The fourth-order valence-electron chi connectivity index (χ4n) is 7.52. The molecule has 0 radical (unpaired) electrons. The van der Waals surface area contributed by atoms with Crippen molar-refractivity contribution < 1.29 is 0 Å². The number of benzene rings is 8. The van der Waals surface area contributed by atoms with Gasteiger partial charge in [-0.2, -0.15) is 0 Å². The highest BCUT2D eigenvalue weighted by Crippen LogP contribution is 2.47. The van der Waals surface area contributed by atoms with Crippen LogP contribution in [0.4, 0.5) is 0 Å². The van der Waals surface area contributed by atoms with Crippen molar-refractivity contribution in [2.24, 2.45) is 0 Å². The Hall–Kier alpha value is -5.80. The molecule has 0 nitrogen and oxygen atoms in total. The van der Waals surface area contributed by atoms with Gasteiger partial charge in [0.05, 0.1) is 0 Å². The Morgan fingerprint density at radius 2 is 0.820 bits per heavy atom. The molecule has 0 aliphatic carbocycles. The number of hydrogen-bond acceptors (Lipinski definition) is 2. The molecule has 0 unspecified atom stereocenters. The molecule has 0 saturated heterocycles. The molecule has 2 heterocycles. The van der Waals surface area contributed by atoms with Crippen LogP contribution in [0.2, 0.25) is 0 Å². The van der Waals surface area contributed by atoms with Gasteiger partial charge in [-0.25, -0.2) is 0 Å². The molecule has 10 aromatic rings. The van der Waals surface area contributed by atoms with Crippen molar-refractivity contribution in [2.45, 2.75) is 0 Å². The Balaban J connectivity index is 1.13. The summed E-state index contributed by atoms with van der Waals surface area (Å²) < 4.78 is 5.33. The third kappa shape index (κ3) is 4.88. The van der Waals surface area contributed by atoms with Crippen molar-refractivity contribution in [1.82, 2.24) is 0 Å². The van der Waals surface area contributed by atoms with Crippen LogP contribution >= 0.6 is 22.7 Å². The summed E-state index contributed by atoms with van der Waals surface area (Å²) in [6.45, 7) is 0. The molecular weight excluding hydrogens is 641 g/mol. The molecule has 0 fully saturated rings. The summed E-state index contributed by atoms with van der Waals surface area (Å²) in [5.74, 6) is 0. The lowest BCUT2D eigenvalue weighted by Crippen LogP contribution is -1.88. The molecule has 0 aliphatic rings. The standard InChI is InChI=1S/C48H30S2/c1-2-12-31(13-3-1)32-24-26-33(27-25-32)37-16-4-5-17-38(37)35-15-10-14-34(28-35)36-29-43(47-42-19-7-9-23-45(42)49-46(47)30-36)41-21-11-20-40-39-18-6-8-22-44(39)50-48(40)41/h1-30H. The van der Waals surface area contributed by atoms with Gasteiger partial charge in [0.2, 0.25) is 0 Å². The molecule has 0 aliphatic heterocycles. The van der Waals surface area contributed by atoms with Crippen LogP contribution < -0.4 is 0 Å². The summed E-state index contributed by atoms with van der Waals surface area (Å²) in [5.41, 5.74) is 12.4. The summed E-state index contributed by atoms with van der Waals surface area (Å²) in [7, 11) is 0. The van der Waals surface area contributed by atoms with E-state index < -0.39 is 0 Å². The molecule has 234 valence electrons. The Morgan fingerprint density at radius 1 is 0.260 bits per heavy atom. The van der Waals surface area contributed by atoms with Crippen molar-refractivity contribution in [2.75, 3.05) is 0 Å². The molecule has 0 spiro atoms. The summed E-state index contributed by atoms with van der Waals surface area (Å²) >= 11 is 3.80. The largest absolute Gasteiger partial charge is 0.135 e. The molecule has 0 bridgehead atoms. The smallest absolute Gasteiger partial charge is 0.0434 e. The Morgan fingerprint density at radius 3 is 1.64 bits per heavy atom. The van der Waals surface area contributed by atoms with E-state index in [1.54, 1.807) is 0 Å². The third-order valence-electron chi connectivity index (χ3n) is 9.91. The van der Waals surface area contributed by atoms with Gasteiger partial charge in [0.15, 0.2) is 0 Å². The minimum Gasteiger partial charge on any atom is -0.135 e. The average molecular weight is 671 g/mol. The lowest BCUT2D eigenvalue weighted by atomic mass is 9.90. The van der Waals surface area contributed by atoms with E-state index in [0.717, 1.165) is 0 Å². The van der Waals surface area contributed by atoms with Gasteiger partial charge in [-0.3, -0.25) is 0 Å². The number of thiophene rings is 2. The maximum Gasteiger partial charge on any atom is 0.0434 e. The molecular formula is C48H30S2. The van der Waals surface area contributed by atoms with E-state index in [1.165, 1.54) is 96.0 Å². The summed E-state index contributed by atoms with van der Waals surface area (Å²) in [6.07, 6.45) is 0. The van der Waals surface area contributed by atoms with E-state index in [1.807, 2.05) is 22.7 Å². The zero-order valence-electron chi connectivity index (χ0n) is 27.1. The van der Waals surface area contributed by atoms with Crippen LogP contribution in [-0.2, 0) is 0 Å². The zero-order valence-corrected chi connectivity index (χ0v) is 28.8. The van der Waals surface area contributed by atoms with Crippen LogP contribution in [-0.4, -0.2) is 0 Å². The van der Waals surface area contributed by atoms with Gasteiger partial charge in [0, 0.05) is 45.9 Å². The van der Waals surface area contributed by atoms with Gasteiger partial charge < -0.3 is 0 Å². The summed E-state index contributed by atoms with van der Waals surface area (Å²) in [5, 5.41) is 5.34. The Bertz CT molecular complexity index is 2850. The molecule has 0 N–H and O–H groups in total. The molecule has 0 atom stereocenters. The van der Waals surface area contributed by atoms with E-state index in [-0.39, 0.29) is 0 Å². The summed E-state index contributed by atoms with van der Waals surface area (Å²) in [4.78, 5) is 0. The predicted molar refractivity (Wildman–Crippen MR) is 219 cm³/mol. The fraction of sp³-hybridized carbons (Fsp3) is 0. The van der Waals surface area contributed by atoms with Crippen LogP contribution in [0.15, 0.2) is 182 Å². The van der Waals surface area contributed by atoms with Crippen LogP contribution in [0.1, 0.15) is 0 Å². The molecule has 10 rings (SSSR count). The highest BCUT2D eigenvalue weighted by Gasteiger charge is 2.18. The highest BCUT2D eigenvalue weighted by molar-refractivity contribution is 7.26. The fourth-order valence-corrected chi connectivity index (χ4v) is 9.92. The first-order valence-corrected chi connectivity index (χ1v) is 18.6. The third-order valence-corrected chi connectivity index (χ3v) is 12.2. The van der Waals surface area contributed by atoms with Gasteiger partial charge >= 0.3 is 0 Å². The maximum absolute atomic E-state index is 2.44. The Labute approximate surface area is 299 Å². The van der Waals surface area contributed by atoms with Crippen molar-refractivity contribution in [3.8, 4) is 55.6 Å². The second-order valence-corrected chi connectivity index (χ2v) is 15.0.